The van der Waals surface area contributed by atoms with Crippen LogP contribution in [0.1, 0.15) is 44.9 Å². The van der Waals surface area contributed by atoms with Crippen molar-refractivity contribution in [3.8, 4) is 0 Å². The maximum Gasteiger partial charge on any atom is 0.0756 e. The van der Waals surface area contributed by atoms with Crippen molar-refractivity contribution in [1.29, 1.82) is 0 Å². The van der Waals surface area contributed by atoms with Gasteiger partial charge in [0.2, 0.25) is 0 Å². The molecule has 1 aliphatic carbocycles. The van der Waals surface area contributed by atoms with Gasteiger partial charge < -0.3 is 10.1 Å². The highest BCUT2D eigenvalue weighted by Gasteiger charge is 2.40. The Morgan fingerprint density at radius 1 is 1.21 bits per heavy atom. The first kappa shape index (κ1) is 13.4. The Kier molecular flexibility index (Phi) is 4.13. The van der Waals surface area contributed by atoms with Crippen molar-refractivity contribution in [1.82, 2.24) is 0 Å². The molecule has 1 heterocycles. The molecule has 1 aromatic carbocycles. The van der Waals surface area contributed by atoms with E-state index in [1.54, 1.807) is 0 Å². The molecular formula is C16H22BrNO. The van der Waals surface area contributed by atoms with Gasteiger partial charge in [0, 0.05) is 16.7 Å². The third kappa shape index (κ3) is 3.32. The SMILES string of the molecule is Brc1cccc(NCC2CCC3(CCCCC3)O2)c1. The number of hydrogen-bond donors (Lipinski definition) is 1. The lowest BCUT2D eigenvalue weighted by Gasteiger charge is -2.33. The van der Waals surface area contributed by atoms with Crippen LogP contribution in [0, 0.1) is 0 Å². The van der Waals surface area contributed by atoms with Crippen LogP contribution in [-0.4, -0.2) is 18.2 Å². The molecule has 1 atom stereocenters. The van der Waals surface area contributed by atoms with Crippen LogP contribution in [0.3, 0.4) is 0 Å². The Hall–Kier alpha value is -0.540. The van der Waals surface area contributed by atoms with E-state index in [0.717, 1.165) is 11.0 Å². The number of ether oxygens (including phenoxy) is 1. The van der Waals surface area contributed by atoms with E-state index in [1.807, 2.05) is 6.07 Å². The number of hydrogen-bond acceptors (Lipinski definition) is 2. The van der Waals surface area contributed by atoms with Crippen LogP contribution in [0.4, 0.5) is 5.69 Å². The van der Waals surface area contributed by atoms with Crippen LogP contribution in [-0.2, 0) is 4.74 Å². The first-order valence-electron chi connectivity index (χ1n) is 7.43. The van der Waals surface area contributed by atoms with Gasteiger partial charge in [-0.05, 0) is 43.9 Å². The van der Waals surface area contributed by atoms with Crippen LogP contribution in [0.5, 0.6) is 0 Å². The van der Waals surface area contributed by atoms with Gasteiger partial charge in [0.1, 0.15) is 0 Å². The molecule has 2 aliphatic rings. The highest BCUT2D eigenvalue weighted by atomic mass is 79.9. The van der Waals surface area contributed by atoms with Crippen molar-refractivity contribution in [3.63, 3.8) is 0 Å². The van der Waals surface area contributed by atoms with Gasteiger partial charge in [-0.25, -0.2) is 0 Å². The van der Waals surface area contributed by atoms with Crippen LogP contribution in [0.25, 0.3) is 0 Å². The molecule has 2 nitrogen and oxygen atoms in total. The Morgan fingerprint density at radius 3 is 2.84 bits per heavy atom. The van der Waals surface area contributed by atoms with Crippen molar-refractivity contribution in [3.05, 3.63) is 28.7 Å². The summed E-state index contributed by atoms with van der Waals surface area (Å²) in [5, 5.41) is 3.49. The second-order valence-corrected chi connectivity index (χ2v) is 6.83. The maximum atomic E-state index is 6.37. The van der Waals surface area contributed by atoms with Gasteiger partial charge in [0.25, 0.3) is 0 Å². The van der Waals surface area contributed by atoms with Crippen LogP contribution in [0.15, 0.2) is 28.7 Å². The molecule has 3 rings (SSSR count). The summed E-state index contributed by atoms with van der Waals surface area (Å²) in [4.78, 5) is 0. The lowest BCUT2D eigenvalue weighted by molar-refractivity contribution is -0.0588. The zero-order valence-electron chi connectivity index (χ0n) is 11.3. The first-order valence-corrected chi connectivity index (χ1v) is 8.22. The number of anilines is 1. The summed E-state index contributed by atoms with van der Waals surface area (Å²) >= 11 is 3.50. The summed E-state index contributed by atoms with van der Waals surface area (Å²) in [5.41, 5.74) is 1.41. The van der Waals surface area contributed by atoms with Gasteiger partial charge in [-0.2, -0.15) is 0 Å². The average Bonchev–Trinajstić information content (AvgIpc) is 2.80. The highest BCUT2D eigenvalue weighted by molar-refractivity contribution is 9.10. The van der Waals surface area contributed by atoms with Crippen molar-refractivity contribution in [2.75, 3.05) is 11.9 Å². The molecule has 1 unspecified atom stereocenters. The van der Waals surface area contributed by atoms with E-state index >= 15 is 0 Å². The fraction of sp³-hybridized carbons (Fsp3) is 0.625. The summed E-state index contributed by atoms with van der Waals surface area (Å²) in [7, 11) is 0. The topological polar surface area (TPSA) is 21.3 Å². The molecule has 1 aromatic rings. The Labute approximate surface area is 124 Å². The minimum atomic E-state index is 0.238. The van der Waals surface area contributed by atoms with Gasteiger partial charge in [-0.15, -0.1) is 0 Å². The number of nitrogens with one attached hydrogen (secondary N) is 1. The summed E-state index contributed by atoms with van der Waals surface area (Å²) in [6.45, 7) is 0.929. The standard InChI is InChI=1S/C16H22BrNO/c17-13-5-4-6-14(11-13)18-12-15-7-10-16(19-15)8-2-1-3-9-16/h4-6,11,15,18H,1-3,7-10,12H2. The number of benzene rings is 1. The second kappa shape index (κ2) is 5.84. The largest absolute Gasteiger partial charge is 0.382 e. The second-order valence-electron chi connectivity index (χ2n) is 5.91. The molecule has 0 bridgehead atoms. The fourth-order valence-electron chi connectivity index (χ4n) is 3.43. The zero-order valence-corrected chi connectivity index (χ0v) is 12.9. The monoisotopic (exact) mass is 323 g/mol. The Bertz CT molecular complexity index is 429. The lowest BCUT2D eigenvalue weighted by Crippen LogP contribution is -2.33. The average molecular weight is 324 g/mol. The normalized spacial score (nSPS) is 25.6. The van der Waals surface area contributed by atoms with E-state index in [-0.39, 0.29) is 5.60 Å². The Morgan fingerprint density at radius 2 is 2.05 bits per heavy atom. The molecule has 1 saturated carbocycles. The molecule has 0 radical (unpaired) electrons. The molecule has 2 fully saturated rings. The molecule has 1 spiro atoms. The summed E-state index contributed by atoms with van der Waals surface area (Å²) in [5.74, 6) is 0. The minimum Gasteiger partial charge on any atom is -0.382 e. The predicted molar refractivity (Wildman–Crippen MR) is 82.6 cm³/mol. The molecule has 104 valence electrons. The fourth-order valence-corrected chi connectivity index (χ4v) is 3.83. The van der Waals surface area contributed by atoms with E-state index in [9.17, 15) is 0 Å². The maximum absolute atomic E-state index is 6.37. The van der Waals surface area contributed by atoms with Crippen molar-refractivity contribution in [2.45, 2.75) is 56.7 Å². The third-order valence-corrected chi connectivity index (χ3v) is 4.96. The van der Waals surface area contributed by atoms with Gasteiger partial charge in [0.15, 0.2) is 0 Å². The molecule has 1 aliphatic heterocycles. The molecule has 1 N–H and O–H groups in total. The quantitative estimate of drug-likeness (QED) is 0.867. The lowest BCUT2D eigenvalue weighted by atomic mass is 9.83. The number of halogens is 1. The van der Waals surface area contributed by atoms with Gasteiger partial charge in [-0.1, -0.05) is 41.3 Å². The highest BCUT2D eigenvalue weighted by Crippen LogP contribution is 2.41. The summed E-state index contributed by atoms with van der Waals surface area (Å²) < 4.78 is 7.49. The van der Waals surface area contributed by atoms with E-state index in [0.29, 0.717) is 6.10 Å². The Balaban J connectivity index is 1.52. The molecule has 19 heavy (non-hydrogen) atoms. The van der Waals surface area contributed by atoms with Crippen LogP contribution >= 0.6 is 15.9 Å². The molecule has 3 heteroatoms. The van der Waals surface area contributed by atoms with E-state index in [1.165, 1.54) is 50.6 Å². The zero-order chi connectivity index (χ0) is 13.1. The van der Waals surface area contributed by atoms with Crippen LogP contribution in [0.2, 0.25) is 0 Å². The third-order valence-electron chi connectivity index (χ3n) is 4.46. The van der Waals surface area contributed by atoms with Gasteiger partial charge in [-0.3, -0.25) is 0 Å². The molecule has 0 amide bonds. The molecule has 0 aromatic heterocycles. The minimum absolute atomic E-state index is 0.238. The first-order chi connectivity index (χ1) is 9.26. The molecular weight excluding hydrogens is 302 g/mol. The summed E-state index contributed by atoms with van der Waals surface area (Å²) in [6, 6.07) is 8.33. The summed E-state index contributed by atoms with van der Waals surface area (Å²) in [6.07, 6.45) is 9.51. The smallest absolute Gasteiger partial charge is 0.0756 e. The van der Waals surface area contributed by atoms with E-state index in [2.05, 4.69) is 39.4 Å². The van der Waals surface area contributed by atoms with Crippen LogP contribution < -0.4 is 5.32 Å². The van der Waals surface area contributed by atoms with E-state index in [4.69, 9.17) is 4.74 Å². The van der Waals surface area contributed by atoms with Gasteiger partial charge >= 0.3 is 0 Å². The predicted octanol–water partition coefficient (Wildman–Crippen LogP) is 4.74. The van der Waals surface area contributed by atoms with Crippen molar-refractivity contribution < 1.29 is 4.74 Å². The van der Waals surface area contributed by atoms with Crippen molar-refractivity contribution in [2.24, 2.45) is 0 Å². The molecule has 1 saturated heterocycles. The van der Waals surface area contributed by atoms with E-state index < -0.39 is 0 Å². The number of rotatable bonds is 3. The van der Waals surface area contributed by atoms with Gasteiger partial charge in [0.05, 0.1) is 11.7 Å². The van der Waals surface area contributed by atoms with Crippen molar-refractivity contribution >= 4 is 21.6 Å².